The number of rotatable bonds is 5. The number of carbonyl (C=O) groups excluding carboxylic acids is 1. The molecule has 7 heteroatoms. The Kier molecular flexibility index (Phi) is 4.55. The molecule has 0 saturated heterocycles. The van der Waals surface area contributed by atoms with E-state index in [4.69, 9.17) is 0 Å². The maximum absolute atomic E-state index is 11.9. The van der Waals surface area contributed by atoms with Crippen LogP contribution < -0.4 is 10.6 Å². The largest absolute Gasteiger partial charge is 0.479 e. The molecule has 3 N–H and O–H groups in total. The van der Waals surface area contributed by atoms with Gasteiger partial charge in [0.25, 0.3) is 0 Å². The standard InChI is InChI=1S/C14H16N4O3/c1-2-18-9-11(8-15-18)16-14(21)17-12(13(19)20)10-6-4-3-5-7-10/h3-9,12H,2H2,1H3,(H,19,20)(H2,16,17,21)/t12-/m1/s1. The Balaban J connectivity index is 2.03. The molecule has 110 valence electrons. The van der Waals surface area contributed by atoms with Gasteiger partial charge in [0.15, 0.2) is 6.04 Å². The number of aromatic nitrogens is 2. The molecule has 0 saturated carbocycles. The minimum Gasteiger partial charge on any atom is -0.479 e. The van der Waals surface area contributed by atoms with E-state index >= 15 is 0 Å². The third-order valence-electron chi connectivity index (χ3n) is 2.87. The number of aryl methyl sites for hydroxylation is 1. The first-order valence-electron chi connectivity index (χ1n) is 6.48. The average molecular weight is 288 g/mol. The molecule has 0 fully saturated rings. The van der Waals surface area contributed by atoms with E-state index in [-0.39, 0.29) is 0 Å². The van der Waals surface area contributed by atoms with Crippen LogP contribution in [0.5, 0.6) is 0 Å². The summed E-state index contributed by atoms with van der Waals surface area (Å²) in [6.07, 6.45) is 3.17. The monoisotopic (exact) mass is 288 g/mol. The van der Waals surface area contributed by atoms with Gasteiger partial charge in [0.1, 0.15) is 0 Å². The van der Waals surface area contributed by atoms with Gasteiger partial charge in [-0.15, -0.1) is 0 Å². The number of amides is 2. The van der Waals surface area contributed by atoms with E-state index in [1.165, 1.54) is 6.20 Å². The Morgan fingerprint density at radius 3 is 2.62 bits per heavy atom. The highest BCUT2D eigenvalue weighted by atomic mass is 16.4. The maximum Gasteiger partial charge on any atom is 0.330 e. The molecular weight excluding hydrogens is 272 g/mol. The third kappa shape index (κ3) is 3.82. The van der Waals surface area contributed by atoms with Crippen molar-refractivity contribution in [2.45, 2.75) is 19.5 Å². The summed E-state index contributed by atoms with van der Waals surface area (Å²) in [5.74, 6) is -1.12. The molecule has 0 aliphatic heterocycles. The van der Waals surface area contributed by atoms with Gasteiger partial charge >= 0.3 is 12.0 Å². The van der Waals surface area contributed by atoms with Gasteiger partial charge in [-0.2, -0.15) is 5.10 Å². The fourth-order valence-electron chi connectivity index (χ4n) is 1.83. The lowest BCUT2D eigenvalue weighted by Crippen LogP contribution is -2.36. The van der Waals surface area contributed by atoms with Gasteiger partial charge in [0.2, 0.25) is 0 Å². The van der Waals surface area contributed by atoms with Gasteiger partial charge in [0, 0.05) is 12.7 Å². The minimum atomic E-state index is -1.12. The SMILES string of the molecule is CCn1cc(NC(=O)N[C@@H](C(=O)O)c2ccccc2)cn1. The number of carboxylic acid groups (broad SMARTS) is 1. The summed E-state index contributed by atoms with van der Waals surface area (Å²) >= 11 is 0. The average Bonchev–Trinajstić information content (AvgIpc) is 2.93. The van der Waals surface area contributed by atoms with Crippen LogP contribution >= 0.6 is 0 Å². The highest BCUT2D eigenvalue weighted by Gasteiger charge is 2.21. The van der Waals surface area contributed by atoms with Gasteiger partial charge < -0.3 is 15.7 Å². The third-order valence-corrected chi connectivity index (χ3v) is 2.87. The zero-order valence-corrected chi connectivity index (χ0v) is 11.5. The zero-order chi connectivity index (χ0) is 15.2. The van der Waals surface area contributed by atoms with Crippen molar-refractivity contribution in [3.8, 4) is 0 Å². The normalized spacial score (nSPS) is 11.7. The number of hydrogen-bond donors (Lipinski definition) is 3. The van der Waals surface area contributed by atoms with E-state index in [9.17, 15) is 14.7 Å². The van der Waals surface area contributed by atoms with Crippen LogP contribution in [-0.2, 0) is 11.3 Å². The van der Waals surface area contributed by atoms with Crippen molar-refractivity contribution in [1.29, 1.82) is 0 Å². The van der Waals surface area contributed by atoms with E-state index in [0.29, 0.717) is 17.8 Å². The summed E-state index contributed by atoms with van der Waals surface area (Å²) in [5.41, 5.74) is 1.01. The van der Waals surface area contributed by atoms with Crippen LogP contribution in [0, 0.1) is 0 Å². The van der Waals surface area contributed by atoms with E-state index < -0.39 is 18.0 Å². The Morgan fingerprint density at radius 2 is 2.05 bits per heavy atom. The Labute approximate surface area is 121 Å². The lowest BCUT2D eigenvalue weighted by molar-refractivity contribution is -0.139. The second-order valence-corrected chi connectivity index (χ2v) is 4.37. The number of aliphatic carboxylic acids is 1. The molecular formula is C14H16N4O3. The number of benzene rings is 1. The molecule has 0 aliphatic rings. The molecule has 0 bridgehead atoms. The van der Waals surface area contributed by atoms with Crippen LogP contribution in [0.3, 0.4) is 0 Å². The zero-order valence-electron chi connectivity index (χ0n) is 11.5. The van der Waals surface area contributed by atoms with E-state index in [2.05, 4.69) is 15.7 Å². The molecule has 0 aliphatic carbocycles. The van der Waals surface area contributed by atoms with Crippen LogP contribution in [0.1, 0.15) is 18.5 Å². The molecule has 21 heavy (non-hydrogen) atoms. The number of nitrogens with one attached hydrogen (secondary N) is 2. The maximum atomic E-state index is 11.9. The Morgan fingerprint density at radius 1 is 1.33 bits per heavy atom. The first-order chi connectivity index (χ1) is 10.1. The number of nitrogens with zero attached hydrogens (tertiary/aromatic N) is 2. The van der Waals surface area contributed by atoms with Crippen molar-refractivity contribution in [3.63, 3.8) is 0 Å². The fourth-order valence-corrected chi connectivity index (χ4v) is 1.83. The lowest BCUT2D eigenvalue weighted by atomic mass is 10.1. The number of anilines is 1. The van der Waals surface area contributed by atoms with E-state index in [1.54, 1.807) is 41.2 Å². The first kappa shape index (κ1) is 14.6. The van der Waals surface area contributed by atoms with Gasteiger partial charge in [-0.1, -0.05) is 30.3 Å². The van der Waals surface area contributed by atoms with Gasteiger partial charge in [0.05, 0.1) is 11.9 Å². The fraction of sp³-hybridized carbons (Fsp3) is 0.214. The first-order valence-corrected chi connectivity index (χ1v) is 6.48. The summed E-state index contributed by atoms with van der Waals surface area (Å²) in [6.45, 7) is 2.61. The van der Waals surface area contributed by atoms with Crippen molar-refractivity contribution in [3.05, 3.63) is 48.3 Å². The molecule has 7 nitrogen and oxygen atoms in total. The molecule has 2 rings (SSSR count). The highest BCUT2D eigenvalue weighted by molar-refractivity contribution is 5.92. The highest BCUT2D eigenvalue weighted by Crippen LogP contribution is 2.13. The van der Waals surface area contributed by atoms with Gasteiger partial charge in [-0.05, 0) is 12.5 Å². The van der Waals surface area contributed by atoms with Gasteiger partial charge in [-0.3, -0.25) is 4.68 Å². The summed E-state index contributed by atoms with van der Waals surface area (Å²) in [7, 11) is 0. The summed E-state index contributed by atoms with van der Waals surface area (Å²) in [4.78, 5) is 23.2. The number of urea groups is 1. The number of hydrogen-bond acceptors (Lipinski definition) is 3. The van der Waals surface area contributed by atoms with E-state index in [0.717, 1.165) is 0 Å². The summed E-state index contributed by atoms with van der Waals surface area (Å²) < 4.78 is 1.65. The van der Waals surface area contributed by atoms with E-state index in [1.807, 2.05) is 6.92 Å². The molecule has 1 aromatic carbocycles. The smallest absolute Gasteiger partial charge is 0.330 e. The Bertz CT molecular complexity index is 624. The number of carboxylic acids is 1. The molecule has 0 unspecified atom stereocenters. The number of carbonyl (C=O) groups is 2. The quantitative estimate of drug-likeness (QED) is 0.782. The molecule has 1 atom stereocenters. The lowest BCUT2D eigenvalue weighted by Gasteiger charge is -2.14. The summed E-state index contributed by atoms with van der Waals surface area (Å²) in [5, 5.41) is 18.2. The molecule has 2 aromatic rings. The predicted molar refractivity (Wildman–Crippen MR) is 76.9 cm³/mol. The van der Waals surface area contributed by atoms with Crippen molar-refractivity contribution in [1.82, 2.24) is 15.1 Å². The molecule has 0 spiro atoms. The van der Waals surface area contributed by atoms with Gasteiger partial charge in [-0.25, -0.2) is 9.59 Å². The topological polar surface area (TPSA) is 96.2 Å². The predicted octanol–water partition coefficient (Wildman–Crippen LogP) is 1.85. The molecule has 0 radical (unpaired) electrons. The van der Waals surface area contributed by atoms with Crippen LogP contribution in [0.4, 0.5) is 10.5 Å². The van der Waals surface area contributed by atoms with Crippen molar-refractivity contribution in [2.24, 2.45) is 0 Å². The molecule has 1 heterocycles. The van der Waals surface area contributed by atoms with Crippen LogP contribution in [0.25, 0.3) is 0 Å². The van der Waals surface area contributed by atoms with Crippen molar-refractivity contribution >= 4 is 17.7 Å². The molecule has 2 amide bonds. The van der Waals surface area contributed by atoms with Crippen molar-refractivity contribution in [2.75, 3.05) is 5.32 Å². The van der Waals surface area contributed by atoms with Crippen LogP contribution in [0.2, 0.25) is 0 Å². The Hall–Kier alpha value is -2.83. The summed E-state index contributed by atoms with van der Waals surface area (Å²) in [6, 6.07) is 6.81. The van der Waals surface area contributed by atoms with Crippen LogP contribution in [0.15, 0.2) is 42.7 Å². The van der Waals surface area contributed by atoms with Crippen LogP contribution in [-0.4, -0.2) is 26.9 Å². The molecule has 1 aromatic heterocycles. The van der Waals surface area contributed by atoms with Crippen molar-refractivity contribution < 1.29 is 14.7 Å². The second kappa shape index (κ2) is 6.56. The second-order valence-electron chi connectivity index (χ2n) is 4.37. The minimum absolute atomic E-state index is 0.504.